The van der Waals surface area contributed by atoms with Crippen LogP contribution in [0.2, 0.25) is 5.02 Å². The van der Waals surface area contributed by atoms with Crippen molar-refractivity contribution in [1.82, 2.24) is 9.88 Å². The highest BCUT2D eigenvalue weighted by atomic mass is 35.5. The van der Waals surface area contributed by atoms with Crippen LogP contribution in [-0.2, 0) is 6.42 Å². The number of hydrogen-bond acceptors (Lipinski definition) is 7. The van der Waals surface area contributed by atoms with Gasteiger partial charge in [0.15, 0.2) is 0 Å². The molecule has 0 bridgehead atoms. The molecule has 1 fully saturated rings. The molecule has 4 rings (SSSR count). The Labute approximate surface area is 179 Å². The molecular formula is C21H24ClN3O5. The number of aliphatic hydroxyl groups is 1. The quantitative estimate of drug-likeness (QED) is 0.551. The Hall–Kier alpha value is -2.42. The lowest BCUT2D eigenvalue weighted by Gasteiger charge is -2.39. The van der Waals surface area contributed by atoms with Crippen LogP contribution in [0, 0.1) is 17.0 Å². The third-order valence-corrected chi connectivity index (χ3v) is 5.92. The van der Waals surface area contributed by atoms with Crippen molar-refractivity contribution in [2.75, 3.05) is 26.2 Å². The number of nitrogens with zero attached hydrogens (tertiary/aromatic N) is 3. The number of nitro groups is 1. The normalized spacial score (nSPS) is 18.6. The number of rotatable bonds is 6. The van der Waals surface area contributed by atoms with Crippen molar-refractivity contribution >= 4 is 17.4 Å². The molecule has 2 aliphatic rings. The standard InChI is InChI=1S/C21H24ClN3O5/c1-14-2-4-19(20(23-14)25(27)28)29-13-17(26)12-24-8-6-21(7-9-24)11-15-10-16(22)3-5-18(15)30-21/h2-5,10,17,26H,6-9,11-13H2,1H3. The summed E-state index contributed by atoms with van der Waals surface area (Å²) in [6.07, 6.45) is 1.81. The lowest BCUT2D eigenvalue weighted by molar-refractivity contribution is -0.390. The van der Waals surface area contributed by atoms with Gasteiger partial charge in [-0.25, -0.2) is 0 Å². The van der Waals surface area contributed by atoms with E-state index in [1.165, 1.54) is 6.07 Å². The average Bonchev–Trinajstić information content (AvgIpc) is 3.05. The number of aryl methyl sites for hydroxylation is 1. The number of β-amino-alcohol motifs (C(OH)–C–C–N with tert-alkyl or cyclic N) is 1. The smallest absolute Gasteiger partial charge is 0.406 e. The van der Waals surface area contributed by atoms with Crippen LogP contribution in [0.25, 0.3) is 0 Å². The number of hydrogen-bond donors (Lipinski definition) is 1. The van der Waals surface area contributed by atoms with E-state index in [4.69, 9.17) is 21.1 Å². The Kier molecular flexibility index (Phi) is 5.81. The number of benzene rings is 1. The van der Waals surface area contributed by atoms with Crippen LogP contribution >= 0.6 is 11.6 Å². The number of fused-ring (bicyclic) bond motifs is 1. The van der Waals surface area contributed by atoms with E-state index < -0.39 is 11.0 Å². The Morgan fingerprint density at radius 1 is 1.37 bits per heavy atom. The van der Waals surface area contributed by atoms with E-state index >= 15 is 0 Å². The van der Waals surface area contributed by atoms with Gasteiger partial charge in [-0.2, -0.15) is 0 Å². The van der Waals surface area contributed by atoms with Crippen molar-refractivity contribution in [2.24, 2.45) is 0 Å². The molecule has 1 saturated heterocycles. The maximum absolute atomic E-state index is 11.1. The molecule has 1 N–H and O–H groups in total. The van der Waals surface area contributed by atoms with E-state index in [2.05, 4.69) is 9.88 Å². The topological polar surface area (TPSA) is 98.0 Å². The van der Waals surface area contributed by atoms with Crippen molar-refractivity contribution in [3.63, 3.8) is 0 Å². The fourth-order valence-corrected chi connectivity index (χ4v) is 4.33. The molecule has 30 heavy (non-hydrogen) atoms. The molecule has 160 valence electrons. The molecule has 1 aromatic carbocycles. The van der Waals surface area contributed by atoms with Crippen molar-refractivity contribution in [3.05, 3.63) is 56.7 Å². The number of aliphatic hydroxyl groups excluding tert-OH is 1. The van der Waals surface area contributed by atoms with Crippen LogP contribution < -0.4 is 9.47 Å². The maximum Gasteiger partial charge on any atom is 0.406 e. The Balaban J connectivity index is 1.27. The second kappa shape index (κ2) is 8.37. The number of pyridine rings is 1. The molecule has 0 saturated carbocycles. The molecule has 0 amide bonds. The van der Waals surface area contributed by atoms with Gasteiger partial charge in [0.1, 0.15) is 29.8 Å². The van der Waals surface area contributed by atoms with E-state index in [9.17, 15) is 15.2 Å². The van der Waals surface area contributed by atoms with Crippen LogP contribution in [0.15, 0.2) is 30.3 Å². The van der Waals surface area contributed by atoms with E-state index in [-0.39, 0.29) is 23.8 Å². The maximum atomic E-state index is 11.1. The molecule has 1 aromatic heterocycles. The zero-order valence-electron chi connectivity index (χ0n) is 16.7. The van der Waals surface area contributed by atoms with Crippen molar-refractivity contribution < 1.29 is 19.5 Å². The van der Waals surface area contributed by atoms with Gasteiger partial charge in [0.25, 0.3) is 0 Å². The molecule has 2 aliphatic heterocycles. The van der Waals surface area contributed by atoms with Gasteiger partial charge in [-0.3, -0.25) is 0 Å². The first-order chi connectivity index (χ1) is 14.3. The summed E-state index contributed by atoms with van der Waals surface area (Å²) in [7, 11) is 0. The summed E-state index contributed by atoms with van der Waals surface area (Å²) < 4.78 is 11.7. The first-order valence-corrected chi connectivity index (χ1v) is 10.3. The molecule has 2 aromatic rings. The van der Waals surface area contributed by atoms with E-state index in [0.29, 0.717) is 12.2 Å². The zero-order valence-corrected chi connectivity index (χ0v) is 17.5. The fraction of sp³-hybridized carbons (Fsp3) is 0.476. The minimum atomic E-state index is -0.763. The average molecular weight is 434 g/mol. The highest BCUT2D eigenvalue weighted by Crippen LogP contribution is 2.41. The van der Waals surface area contributed by atoms with Gasteiger partial charge in [0.05, 0.1) is 0 Å². The number of ether oxygens (including phenoxy) is 2. The molecule has 9 heteroatoms. The highest BCUT2D eigenvalue weighted by Gasteiger charge is 2.42. The predicted octanol–water partition coefficient (Wildman–Crippen LogP) is 3.16. The van der Waals surface area contributed by atoms with Gasteiger partial charge in [0.2, 0.25) is 5.75 Å². The van der Waals surface area contributed by atoms with Gasteiger partial charge in [0, 0.05) is 50.8 Å². The van der Waals surface area contributed by atoms with Crippen molar-refractivity contribution in [1.29, 1.82) is 0 Å². The summed E-state index contributed by atoms with van der Waals surface area (Å²) in [5.41, 5.74) is 1.49. The van der Waals surface area contributed by atoms with Crippen LogP contribution in [-0.4, -0.2) is 57.9 Å². The van der Waals surface area contributed by atoms with Crippen molar-refractivity contribution in [3.8, 4) is 11.5 Å². The monoisotopic (exact) mass is 433 g/mol. The van der Waals surface area contributed by atoms with E-state index in [0.717, 1.165) is 48.7 Å². The van der Waals surface area contributed by atoms with Gasteiger partial charge in [-0.1, -0.05) is 11.6 Å². The molecule has 8 nitrogen and oxygen atoms in total. The molecule has 1 atom stereocenters. The molecule has 0 radical (unpaired) electrons. The minimum Gasteiger partial charge on any atom is -0.487 e. The van der Waals surface area contributed by atoms with Crippen LogP contribution in [0.5, 0.6) is 11.5 Å². The Morgan fingerprint density at radius 2 is 2.13 bits per heavy atom. The molecule has 1 spiro atoms. The third-order valence-electron chi connectivity index (χ3n) is 5.68. The van der Waals surface area contributed by atoms with Crippen LogP contribution in [0.4, 0.5) is 5.82 Å². The lowest BCUT2D eigenvalue weighted by Crippen LogP contribution is -2.49. The minimum absolute atomic E-state index is 0.0341. The summed E-state index contributed by atoms with van der Waals surface area (Å²) >= 11 is 6.10. The Morgan fingerprint density at radius 3 is 2.87 bits per heavy atom. The Bertz CT molecular complexity index is 946. The lowest BCUT2D eigenvalue weighted by atomic mass is 9.87. The SMILES string of the molecule is Cc1ccc(OCC(O)CN2CCC3(CC2)Cc2cc(Cl)ccc2O3)c([N+](=O)[O-])n1. The zero-order chi connectivity index (χ0) is 21.3. The summed E-state index contributed by atoms with van der Waals surface area (Å²) in [5, 5.41) is 22.2. The number of halogens is 1. The third kappa shape index (κ3) is 4.50. The van der Waals surface area contributed by atoms with Gasteiger partial charge >= 0.3 is 5.82 Å². The number of aromatic nitrogens is 1. The molecule has 0 aliphatic carbocycles. The summed E-state index contributed by atoms with van der Waals surface area (Å²) in [5.74, 6) is 0.646. The number of piperidine rings is 1. The summed E-state index contributed by atoms with van der Waals surface area (Å²) in [4.78, 5) is 16.6. The first kappa shape index (κ1) is 20.8. The molecule has 1 unspecified atom stereocenters. The fourth-order valence-electron chi connectivity index (χ4n) is 4.13. The number of likely N-dealkylation sites (tertiary alicyclic amines) is 1. The second-order valence-corrected chi connectivity index (χ2v) is 8.45. The summed E-state index contributed by atoms with van der Waals surface area (Å²) in [6.45, 7) is 3.67. The van der Waals surface area contributed by atoms with Gasteiger partial charge < -0.3 is 29.6 Å². The largest absolute Gasteiger partial charge is 0.487 e. The second-order valence-electron chi connectivity index (χ2n) is 8.01. The van der Waals surface area contributed by atoms with Gasteiger partial charge in [-0.05, 0) is 45.8 Å². The van der Waals surface area contributed by atoms with E-state index in [1.807, 2.05) is 18.2 Å². The van der Waals surface area contributed by atoms with E-state index in [1.54, 1.807) is 13.0 Å². The summed E-state index contributed by atoms with van der Waals surface area (Å²) in [6, 6.07) is 8.90. The molecule has 3 heterocycles. The van der Waals surface area contributed by atoms with Crippen molar-refractivity contribution in [2.45, 2.75) is 37.9 Å². The van der Waals surface area contributed by atoms with Gasteiger partial charge in [-0.15, -0.1) is 0 Å². The predicted molar refractivity (Wildman–Crippen MR) is 111 cm³/mol. The highest BCUT2D eigenvalue weighted by molar-refractivity contribution is 6.30. The van der Waals surface area contributed by atoms with Crippen LogP contribution in [0.3, 0.4) is 0 Å². The molecular weight excluding hydrogens is 410 g/mol. The van der Waals surface area contributed by atoms with Crippen LogP contribution in [0.1, 0.15) is 24.1 Å². The first-order valence-electron chi connectivity index (χ1n) is 9.96.